The molecule has 0 atom stereocenters. The van der Waals surface area contributed by atoms with Gasteiger partial charge in [-0.05, 0) is 20.2 Å². The van der Waals surface area contributed by atoms with Crippen LogP contribution in [0.4, 0.5) is 0 Å². The van der Waals surface area contributed by atoms with Crippen LogP contribution in [0, 0.1) is 11.8 Å². The number of carbonyl (C=O) groups is 1. The monoisotopic (exact) mass is 290 g/mol. The molecular weight excluding hydrogens is 268 g/mol. The fraction of sp³-hybridized carbons (Fsp3) is 0.467. The Kier molecular flexibility index (Phi) is 8.05. The Labute approximate surface area is 125 Å². The van der Waals surface area contributed by atoms with Crippen LogP contribution in [0.2, 0.25) is 0 Å². The first-order valence-corrected chi connectivity index (χ1v) is 6.78. The van der Waals surface area contributed by atoms with Crippen molar-refractivity contribution in [2.24, 2.45) is 5.73 Å². The van der Waals surface area contributed by atoms with Gasteiger partial charge in [-0.2, -0.15) is 0 Å². The lowest BCUT2D eigenvalue weighted by atomic mass is 10.2. The van der Waals surface area contributed by atoms with E-state index in [-0.39, 0.29) is 12.5 Å². The van der Waals surface area contributed by atoms with E-state index in [0.717, 1.165) is 6.54 Å². The lowest BCUT2D eigenvalue weighted by Crippen LogP contribution is -2.28. The van der Waals surface area contributed by atoms with Crippen LogP contribution in [0.1, 0.15) is 15.9 Å². The molecule has 0 bridgehead atoms. The maximum Gasteiger partial charge on any atom is 0.252 e. The van der Waals surface area contributed by atoms with Crippen molar-refractivity contribution in [3.8, 4) is 11.8 Å². The number of hydrogen-bond donors (Lipinski definition) is 2. The number of likely N-dealkylation sites (N-methyl/N-ethyl adjacent to an activating group) is 1. The van der Waals surface area contributed by atoms with Crippen LogP contribution in [0.5, 0.6) is 0 Å². The molecule has 114 valence electrons. The van der Waals surface area contributed by atoms with E-state index in [1.54, 1.807) is 12.3 Å². The largest absolute Gasteiger partial charge is 0.378 e. The van der Waals surface area contributed by atoms with Crippen molar-refractivity contribution in [3.05, 3.63) is 29.6 Å². The molecule has 0 aromatic carbocycles. The predicted molar refractivity (Wildman–Crippen MR) is 81.9 cm³/mol. The molecule has 0 aliphatic carbocycles. The third-order valence-electron chi connectivity index (χ3n) is 2.55. The summed E-state index contributed by atoms with van der Waals surface area (Å²) in [6, 6.07) is 1.69. The number of nitrogens with zero attached hydrogens (tertiary/aromatic N) is 2. The number of amides is 1. The van der Waals surface area contributed by atoms with Crippen LogP contribution in [0.15, 0.2) is 18.5 Å². The van der Waals surface area contributed by atoms with Crippen molar-refractivity contribution in [1.29, 1.82) is 0 Å². The number of ether oxygens (including phenoxy) is 1. The van der Waals surface area contributed by atoms with E-state index < -0.39 is 0 Å². The quantitative estimate of drug-likeness (QED) is 0.532. The van der Waals surface area contributed by atoms with Crippen LogP contribution < -0.4 is 11.1 Å². The summed E-state index contributed by atoms with van der Waals surface area (Å²) in [5.74, 6) is 5.39. The normalized spacial score (nSPS) is 10.1. The molecule has 6 nitrogen and oxygen atoms in total. The Hall–Kier alpha value is -1.94. The predicted octanol–water partition coefficient (Wildman–Crippen LogP) is -0.300. The number of pyridine rings is 1. The molecule has 1 aromatic heterocycles. The third-order valence-corrected chi connectivity index (χ3v) is 2.55. The molecule has 1 amide bonds. The van der Waals surface area contributed by atoms with Crippen molar-refractivity contribution >= 4 is 5.91 Å². The molecule has 1 aromatic rings. The highest BCUT2D eigenvalue weighted by Gasteiger charge is 2.05. The van der Waals surface area contributed by atoms with E-state index in [2.05, 4.69) is 22.1 Å². The summed E-state index contributed by atoms with van der Waals surface area (Å²) in [5.41, 5.74) is 6.46. The van der Waals surface area contributed by atoms with E-state index in [0.29, 0.717) is 30.9 Å². The van der Waals surface area contributed by atoms with Gasteiger partial charge in [-0.1, -0.05) is 11.8 Å². The molecule has 0 radical (unpaired) electrons. The molecule has 0 saturated heterocycles. The highest BCUT2D eigenvalue weighted by molar-refractivity contribution is 5.94. The highest BCUT2D eigenvalue weighted by atomic mass is 16.5. The number of rotatable bonds is 7. The fourth-order valence-corrected chi connectivity index (χ4v) is 1.47. The van der Waals surface area contributed by atoms with Crippen molar-refractivity contribution in [3.63, 3.8) is 0 Å². The average Bonchev–Trinajstić information content (AvgIpc) is 2.48. The Bertz CT molecular complexity index is 506. The smallest absolute Gasteiger partial charge is 0.252 e. The minimum Gasteiger partial charge on any atom is -0.378 e. The number of carbonyl (C=O) groups excluding carboxylic acids is 1. The second-order valence-corrected chi connectivity index (χ2v) is 4.64. The van der Waals surface area contributed by atoms with Gasteiger partial charge in [-0.25, -0.2) is 0 Å². The van der Waals surface area contributed by atoms with Crippen molar-refractivity contribution in [1.82, 2.24) is 15.2 Å². The summed E-state index contributed by atoms with van der Waals surface area (Å²) < 4.78 is 5.40. The first-order valence-electron chi connectivity index (χ1n) is 6.78. The number of nitrogens with two attached hydrogens (primary N) is 1. The zero-order valence-corrected chi connectivity index (χ0v) is 12.6. The lowest BCUT2D eigenvalue weighted by molar-refractivity contribution is 0.0900. The van der Waals surface area contributed by atoms with Crippen LogP contribution >= 0.6 is 0 Å². The van der Waals surface area contributed by atoms with Gasteiger partial charge in [-0.15, -0.1) is 0 Å². The van der Waals surface area contributed by atoms with E-state index in [4.69, 9.17) is 10.5 Å². The molecule has 0 fully saturated rings. The second-order valence-electron chi connectivity index (χ2n) is 4.64. The molecule has 0 spiro atoms. The standard InChI is InChI=1S/C15H22N4O2/c1-19(2)7-9-21-8-6-18-15(20)14-10-13(4-3-5-16)11-17-12-14/h10-12H,5-9,16H2,1-2H3,(H,18,20). The fourth-order valence-electron chi connectivity index (χ4n) is 1.47. The molecule has 0 unspecified atom stereocenters. The van der Waals surface area contributed by atoms with Gasteiger partial charge in [0.2, 0.25) is 0 Å². The summed E-state index contributed by atoms with van der Waals surface area (Å²) in [6.07, 6.45) is 3.11. The lowest BCUT2D eigenvalue weighted by Gasteiger charge is -2.10. The van der Waals surface area contributed by atoms with Gasteiger partial charge in [-0.3, -0.25) is 9.78 Å². The van der Waals surface area contributed by atoms with Gasteiger partial charge in [0.1, 0.15) is 0 Å². The van der Waals surface area contributed by atoms with Gasteiger partial charge in [0.15, 0.2) is 0 Å². The molecular formula is C15H22N4O2. The van der Waals surface area contributed by atoms with Gasteiger partial charge < -0.3 is 20.7 Å². The highest BCUT2D eigenvalue weighted by Crippen LogP contribution is 2.01. The van der Waals surface area contributed by atoms with Crippen LogP contribution in [0.3, 0.4) is 0 Å². The van der Waals surface area contributed by atoms with Crippen molar-refractivity contribution < 1.29 is 9.53 Å². The van der Waals surface area contributed by atoms with Gasteiger partial charge >= 0.3 is 0 Å². The Balaban J connectivity index is 2.35. The Morgan fingerprint density at radius 2 is 2.24 bits per heavy atom. The minimum atomic E-state index is -0.185. The molecule has 1 heterocycles. The number of hydrogen-bond acceptors (Lipinski definition) is 5. The SMILES string of the molecule is CN(C)CCOCCNC(=O)c1cncc(C#CCN)c1. The molecule has 21 heavy (non-hydrogen) atoms. The summed E-state index contributed by atoms with van der Waals surface area (Å²) in [4.78, 5) is 18.0. The van der Waals surface area contributed by atoms with E-state index in [1.807, 2.05) is 19.0 Å². The van der Waals surface area contributed by atoms with E-state index >= 15 is 0 Å². The first kappa shape index (κ1) is 17.1. The number of nitrogens with one attached hydrogen (secondary N) is 1. The summed E-state index contributed by atoms with van der Waals surface area (Å²) in [7, 11) is 3.97. The maximum absolute atomic E-state index is 11.9. The second kappa shape index (κ2) is 9.88. The minimum absolute atomic E-state index is 0.185. The van der Waals surface area contributed by atoms with Crippen LogP contribution in [-0.4, -0.2) is 62.7 Å². The van der Waals surface area contributed by atoms with Gasteiger partial charge in [0, 0.05) is 31.0 Å². The summed E-state index contributed by atoms with van der Waals surface area (Å²) in [5, 5.41) is 2.78. The Morgan fingerprint density at radius 3 is 2.95 bits per heavy atom. The average molecular weight is 290 g/mol. The molecule has 0 saturated carbocycles. The first-order chi connectivity index (χ1) is 10.1. The van der Waals surface area contributed by atoms with Crippen molar-refractivity contribution in [2.75, 3.05) is 46.9 Å². The van der Waals surface area contributed by atoms with Crippen LogP contribution in [-0.2, 0) is 4.74 Å². The van der Waals surface area contributed by atoms with Crippen LogP contribution in [0.25, 0.3) is 0 Å². The summed E-state index contributed by atoms with van der Waals surface area (Å²) >= 11 is 0. The zero-order valence-electron chi connectivity index (χ0n) is 12.6. The molecule has 0 aliphatic rings. The maximum atomic E-state index is 11.9. The van der Waals surface area contributed by atoms with Gasteiger partial charge in [0.05, 0.1) is 25.3 Å². The van der Waals surface area contributed by atoms with E-state index in [1.165, 1.54) is 6.20 Å². The molecule has 3 N–H and O–H groups in total. The van der Waals surface area contributed by atoms with E-state index in [9.17, 15) is 4.79 Å². The summed E-state index contributed by atoms with van der Waals surface area (Å²) in [6.45, 7) is 2.74. The molecule has 6 heteroatoms. The molecule has 0 aliphatic heterocycles. The number of aromatic nitrogens is 1. The van der Waals surface area contributed by atoms with Gasteiger partial charge in [0.25, 0.3) is 5.91 Å². The van der Waals surface area contributed by atoms with Crippen molar-refractivity contribution in [2.45, 2.75) is 0 Å². The zero-order chi connectivity index (χ0) is 15.5. The Morgan fingerprint density at radius 1 is 1.43 bits per heavy atom. The topological polar surface area (TPSA) is 80.5 Å². The third kappa shape index (κ3) is 7.42. The molecule has 1 rings (SSSR count).